The van der Waals surface area contributed by atoms with E-state index in [1.54, 1.807) is 12.1 Å². The first kappa shape index (κ1) is 29.2. The number of rotatable bonds is 7. The highest BCUT2D eigenvalue weighted by Gasteiger charge is 2.29. The van der Waals surface area contributed by atoms with Crippen molar-refractivity contribution < 1.29 is 14.7 Å². The van der Waals surface area contributed by atoms with E-state index >= 15 is 0 Å². The van der Waals surface area contributed by atoms with E-state index in [1.807, 2.05) is 48.8 Å². The number of carboxylic acid groups (broad SMARTS) is 1. The molecule has 4 rings (SSSR count). The summed E-state index contributed by atoms with van der Waals surface area (Å²) in [4.78, 5) is 36.2. The number of aliphatic carboxylic acids is 1. The fourth-order valence-electron chi connectivity index (χ4n) is 5.23. The highest BCUT2D eigenvalue weighted by molar-refractivity contribution is 5.96. The molecule has 0 aliphatic carbocycles. The van der Waals surface area contributed by atoms with Crippen LogP contribution in [0.5, 0.6) is 0 Å². The maximum atomic E-state index is 12.8. The van der Waals surface area contributed by atoms with Gasteiger partial charge in [-0.05, 0) is 52.8 Å². The average Bonchev–Trinajstić information content (AvgIpc) is 2.92. The Balaban J connectivity index is 1.36. The lowest BCUT2D eigenvalue weighted by atomic mass is 9.75. The minimum Gasteiger partial charge on any atom is -0.480 e. The number of aromatic nitrogens is 2. The van der Waals surface area contributed by atoms with E-state index in [4.69, 9.17) is 0 Å². The number of amides is 1. The van der Waals surface area contributed by atoms with Gasteiger partial charge in [-0.3, -0.25) is 4.79 Å². The van der Waals surface area contributed by atoms with E-state index in [-0.39, 0.29) is 11.8 Å². The van der Waals surface area contributed by atoms with Crippen LogP contribution < -0.4 is 10.2 Å². The molecule has 2 N–H and O–H groups in total. The molecular weight excluding hydrogens is 500 g/mol. The fourth-order valence-corrected chi connectivity index (χ4v) is 5.23. The van der Waals surface area contributed by atoms with Crippen LogP contribution in [0.2, 0.25) is 0 Å². The summed E-state index contributed by atoms with van der Waals surface area (Å²) in [7, 11) is 0. The molecule has 2 heterocycles. The van der Waals surface area contributed by atoms with E-state index in [0.717, 1.165) is 41.4 Å². The van der Waals surface area contributed by atoms with Crippen molar-refractivity contribution in [3.05, 3.63) is 77.6 Å². The molecule has 0 bridgehead atoms. The molecule has 1 aliphatic rings. The molecule has 3 aromatic rings. The summed E-state index contributed by atoms with van der Waals surface area (Å²) in [6.07, 6.45) is 6.29. The molecule has 212 valence electrons. The molecule has 1 fully saturated rings. The van der Waals surface area contributed by atoms with Gasteiger partial charge in [0.05, 0.1) is 18.1 Å². The van der Waals surface area contributed by atoms with Crippen molar-refractivity contribution in [2.45, 2.75) is 72.3 Å². The summed E-state index contributed by atoms with van der Waals surface area (Å²) in [6, 6.07) is 13.8. The van der Waals surface area contributed by atoms with Gasteiger partial charge in [0.15, 0.2) is 5.82 Å². The Morgan fingerprint density at radius 3 is 2.00 bits per heavy atom. The first-order chi connectivity index (χ1) is 18.8. The molecule has 7 heteroatoms. The highest BCUT2D eigenvalue weighted by Crippen LogP contribution is 2.35. The number of hydrogen-bond acceptors (Lipinski definition) is 5. The monoisotopic (exact) mass is 542 g/mol. The third-order valence-corrected chi connectivity index (χ3v) is 7.99. The second-order valence-corrected chi connectivity index (χ2v) is 13.0. The van der Waals surface area contributed by atoms with Crippen molar-refractivity contribution in [2.75, 3.05) is 18.0 Å². The third-order valence-electron chi connectivity index (χ3n) is 7.99. The Morgan fingerprint density at radius 1 is 0.925 bits per heavy atom. The zero-order valence-corrected chi connectivity index (χ0v) is 24.6. The van der Waals surface area contributed by atoms with Crippen LogP contribution >= 0.6 is 0 Å². The Morgan fingerprint density at radius 2 is 1.50 bits per heavy atom. The molecule has 1 amide bonds. The van der Waals surface area contributed by atoms with Crippen molar-refractivity contribution in [3.8, 4) is 11.4 Å². The van der Waals surface area contributed by atoms with Gasteiger partial charge in [0, 0.05) is 30.6 Å². The van der Waals surface area contributed by atoms with Gasteiger partial charge in [0.1, 0.15) is 6.04 Å². The molecule has 1 aromatic heterocycles. The van der Waals surface area contributed by atoms with E-state index < -0.39 is 17.9 Å². The fraction of sp³-hybridized carbons (Fsp3) is 0.455. The van der Waals surface area contributed by atoms with Crippen LogP contribution in [-0.2, 0) is 16.6 Å². The predicted octanol–water partition coefficient (Wildman–Crippen LogP) is 6.13. The number of carbonyl (C=O) groups excluding carboxylic acids is 1. The molecule has 1 unspecified atom stereocenters. The number of hydrogen-bond donors (Lipinski definition) is 2. The molecule has 1 aliphatic heterocycles. The second kappa shape index (κ2) is 11.8. The number of anilines is 1. The van der Waals surface area contributed by atoms with Gasteiger partial charge in [-0.1, -0.05) is 77.9 Å². The molecular formula is C33H42N4O3. The zero-order valence-electron chi connectivity index (χ0n) is 24.6. The Labute approximate surface area is 238 Å². The van der Waals surface area contributed by atoms with Crippen molar-refractivity contribution >= 4 is 17.6 Å². The minimum absolute atomic E-state index is 0.0265. The topological polar surface area (TPSA) is 95.4 Å². The number of piperidine rings is 1. The molecule has 0 saturated carbocycles. The molecule has 1 saturated heterocycles. The van der Waals surface area contributed by atoms with E-state index in [2.05, 4.69) is 61.7 Å². The average molecular weight is 543 g/mol. The van der Waals surface area contributed by atoms with Gasteiger partial charge in [-0.25, -0.2) is 14.8 Å². The van der Waals surface area contributed by atoms with Crippen molar-refractivity contribution in [1.82, 2.24) is 15.3 Å². The Hall–Kier alpha value is -3.74. The molecule has 40 heavy (non-hydrogen) atoms. The standard InChI is InChI=1S/C33H42N4O3/c1-32(2,3)25-13-11-24(12-14-25)30(38)36-28(31(39)40)19-22-7-9-23(10-8-22)29-34-20-27(21-35-29)37-17-15-26(16-18-37)33(4,5)6/h7-14,20-21,26,28H,15-19H2,1-6H3,(H,36,38)(H,39,40). The maximum Gasteiger partial charge on any atom is 0.326 e. The predicted molar refractivity (Wildman–Crippen MR) is 160 cm³/mol. The van der Waals surface area contributed by atoms with Crippen LogP contribution in [0, 0.1) is 11.3 Å². The lowest BCUT2D eigenvalue weighted by Gasteiger charge is -2.39. The Kier molecular flexibility index (Phi) is 8.62. The quantitative estimate of drug-likeness (QED) is 0.373. The van der Waals surface area contributed by atoms with Crippen molar-refractivity contribution in [1.29, 1.82) is 0 Å². The van der Waals surface area contributed by atoms with Crippen LogP contribution in [0.4, 0.5) is 5.69 Å². The highest BCUT2D eigenvalue weighted by atomic mass is 16.4. The molecule has 0 radical (unpaired) electrons. The van der Waals surface area contributed by atoms with Gasteiger partial charge < -0.3 is 15.3 Å². The minimum atomic E-state index is -1.07. The largest absolute Gasteiger partial charge is 0.480 e. The van der Waals surface area contributed by atoms with E-state index in [1.165, 1.54) is 12.8 Å². The Bertz CT molecular complexity index is 1300. The summed E-state index contributed by atoms with van der Waals surface area (Å²) in [6.45, 7) is 15.3. The van der Waals surface area contributed by atoms with Gasteiger partial charge >= 0.3 is 5.97 Å². The first-order valence-electron chi connectivity index (χ1n) is 14.1. The van der Waals surface area contributed by atoms with Crippen molar-refractivity contribution in [3.63, 3.8) is 0 Å². The van der Waals surface area contributed by atoms with Crippen LogP contribution in [0.25, 0.3) is 11.4 Å². The molecule has 7 nitrogen and oxygen atoms in total. The maximum absolute atomic E-state index is 12.8. The summed E-state index contributed by atoms with van der Waals surface area (Å²) < 4.78 is 0. The van der Waals surface area contributed by atoms with Crippen LogP contribution in [0.15, 0.2) is 60.9 Å². The number of carbonyl (C=O) groups is 2. The normalized spacial score (nSPS) is 15.5. The lowest BCUT2D eigenvalue weighted by molar-refractivity contribution is -0.139. The zero-order chi connectivity index (χ0) is 29.1. The smallest absolute Gasteiger partial charge is 0.326 e. The summed E-state index contributed by atoms with van der Waals surface area (Å²) in [5.41, 5.74) is 4.57. The van der Waals surface area contributed by atoms with Crippen LogP contribution in [0.3, 0.4) is 0 Å². The molecule has 2 aromatic carbocycles. The second-order valence-electron chi connectivity index (χ2n) is 13.0. The van der Waals surface area contributed by atoms with Gasteiger partial charge in [-0.15, -0.1) is 0 Å². The van der Waals surface area contributed by atoms with Gasteiger partial charge in [0.25, 0.3) is 5.91 Å². The van der Waals surface area contributed by atoms with E-state index in [9.17, 15) is 14.7 Å². The summed E-state index contributed by atoms with van der Waals surface area (Å²) in [5, 5.41) is 12.4. The summed E-state index contributed by atoms with van der Waals surface area (Å²) in [5.74, 6) is -0.118. The first-order valence-corrected chi connectivity index (χ1v) is 14.1. The van der Waals surface area contributed by atoms with Crippen molar-refractivity contribution in [2.24, 2.45) is 11.3 Å². The van der Waals surface area contributed by atoms with Crippen LogP contribution in [0.1, 0.15) is 75.9 Å². The molecule has 1 atom stereocenters. The number of benzene rings is 2. The number of carboxylic acids is 1. The SMILES string of the molecule is CC(C)(C)c1ccc(C(=O)NC(Cc2ccc(-c3ncc(N4CCC(C(C)(C)C)CC4)cn3)cc2)C(=O)O)cc1. The third kappa shape index (κ3) is 7.26. The van der Waals surface area contributed by atoms with Gasteiger partial charge in [0.2, 0.25) is 0 Å². The number of nitrogens with one attached hydrogen (secondary N) is 1. The summed E-state index contributed by atoms with van der Waals surface area (Å²) >= 11 is 0. The number of nitrogens with zero attached hydrogens (tertiary/aromatic N) is 3. The lowest BCUT2D eigenvalue weighted by Crippen LogP contribution is -2.42. The van der Waals surface area contributed by atoms with E-state index in [0.29, 0.717) is 16.8 Å². The van der Waals surface area contributed by atoms with Gasteiger partial charge in [-0.2, -0.15) is 0 Å². The molecule has 0 spiro atoms. The van der Waals surface area contributed by atoms with Crippen LogP contribution in [-0.4, -0.2) is 46.1 Å².